The topological polar surface area (TPSA) is 66.4 Å². The summed E-state index contributed by atoms with van der Waals surface area (Å²) in [6, 6.07) is 5.14. The second-order valence-electron chi connectivity index (χ2n) is 4.10. The van der Waals surface area contributed by atoms with Crippen LogP contribution in [0.5, 0.6) is 0 Å². The molecule has 0 bridgehead atoms. The number of halogens is 1. The molecule has 18 heavy (non-hydrogen) atoms. The van der Waals surface area contributed by atoms with Gasteiger partial charge in [-0.2, -0.15) is 0 Å². The molecule has 102 valence electrons. The second kappa shape index (κ2) is 6.26. The monoisotopic (exact) mass is 275 g/mol. The normalized spacial score (nSPS) is 15.3. The summed E-state index contributed by atoms with van der Waals surface area (Å²) in [6.45, 7) is 1.68. The molecule has 1 aromatic rings. The molecule has 1 aromatic carbocycles. The van der Waals surface area contributed by atoms with E-state index in [2.05, 4.69) is 5.32 Å². The van der Waals surface area contributed by atoms with Crippen LogP contribution in [0.2, 0.25) is 0 Å². The minimum absolute atomic E-state index is 0.179. The Morgan fingerprint density at radius 2 is 1.89 bits per heavy atom. The Kier molecular flexibility index (Phi) is 5.25. The summed E-state index contributed by atoms with van der Waals surface area (Å²) < 4.78 is 35.3. The lowest BCUT2D eigenvalue weighted by atomic mass is 10.0. The molecule has 0 fully saturated rings. The number of alkyl halides is 1. The minimum Gasteiger partial charge on any atom is -0.387 e. The zero-order valence-corrected chi connectivity index (χ0v) is 11.2. The number of benzene rings is 1. The molecule has 2 N–H and O–H groups in total. The highest BCUT2D eigenvalue weighted by Gasteiger charge is 2.20. The molecular weight excluding hydrogens is 257 g/mol. The molecular formula is C12H18FNO3S. The molecule has 0 aliphatic rings. The molecule has 0 aliphatic carbocycles. The quantitative estimate of drug-likeness (QED) is 0.815. The van der Waals surface area contributed by atoms with Gasteiger partial charge in [0, 0.05) is 6.26 Å². The highest BCUT2D eigenvalue weighted by Crippen LogP contribution is 2.19. The molecule has 2 atom stereocenters. The van der Waals surface area contributed by atoms with E-state index in [1.54, 1.807) is 0 Å². The van der Waals surface area contributed by atoms with Crippen LogP contribution in [-0.4, -0.2) is 39.0 Å². The summed E-state index contributed by atoms with van der Waals surface area (Å²) in [7, 11) is -3.25. The lowest BCUT2D eigenvalue weighted by molar-refractivity contribution is 0.114. The van der Waals surface area contributed by atoms with Gasteiger partial charge in [-0.3, -0.25) is 0 Å². The summed E-state index contributed by atoms with van der Waals surface area (Å²) >= 11 is 0. The van der Waals surface area contributed by atoms with Gasteiger partial charge in [0.1, 0.15) is 6.67 Å². The van der Waals surface area contributed by atoms with E-state index in [-0.39, 0.29) is 4.90 Å². The van der Waals surface area contributed by atoms with Crippen LogP contribution in [0, 0.1) is 0 Å². The van der Waals surface area contributed by atoms with Crippen molar-refractivity contribution in [1.29, 1.82) is 0 Å². The van der Waals surface area contributed by atoms with Crippen molar-refractivity contribution in [3.05, 3.63) is 29.8 Å². The van der Waals surface area contributed by atoms with E-state index in [1.807, 2.05) is 6.92 Å². The van der Waals surface area contributed by atoms with Crippen molar-refractivity contribution in [3.63, 3.8) is 0 Å². The van der Waals surface area contributed by atoms with Crippen LogP contribution >= 0.6 is 0 Å². The standard InChI is InChI=1S/C12H18FNO3S/c1-3-14-11(8-13)12(15)9-4-6-10(7-5-9)18(2,16)17/h4-7,11-12,14-15H,3,8H2,1-2H3/t11-,12-/m1/s1. The molecule has 0 unspecified atom stereocenters. The predicted molar refractivity (Wildman–Crippen MR) is 68.0 cm³/mol. The summed E-state index contributed by atoms with van der Waals surface area (Å²) in [5.41, 5.74) is 0.492. The van der Waals surface area contributed by atoms with Crippen LogP contribution in [0.4, 0.5) is 4.39 Å². The largest absolute Gasteiger partial charge is 0.387 e. The van der Waals surface area contributed by atoms with E-state index in [0.717, 1.165) is 6.26 Å². The minimum atomic E-state index is -3.25. The van der Waals surface area contributed by atoms with E-state index in [9.17, 15) is 17.9 Å². The first-order valence-electron chi connectivity index (χ1n) is 5.67. The van der Waals surface area contributed by atoms with E-state index in [1.165, 1.54) is 24.3 Å². The summed E-state index contributed by atoms with van der Waals surface area (Å²) in [6.07, 6.45) is 0.116. The van der Waals surface area contributed by atoms with E-state index >= 15 is 0 Å². The van der Waals surface area contributed by atoms with E-state index < -0.39 is 28.7 Å². The third kappa shape index (κ3) is 3.76. The van der Waals surface area contributed by atoms with Gasteiger partial charge < -0.3 is 10.4 Å². The Bertz CT molecular complexity index is 473. The SMILES string of the molecule is CCN[C@H](CF)[C@H](O)c1ccc(S(C)(=O)=O)cc1. The third-order valence-electron chi connectivity index (χ3n) is 2.66. The molecule has 0 heterocycles. The van der Waals surface area contributed by atoms with Gasteiger partial charge in [0.15, 0.2) is 9.84 Å². The number of hydrogen-bond acceptors (Lipinski definition) is 4. The summed E-state index contributed by atoms with van der Waals surface area (Å²) in [5, 5.41) is 12.8. The van der Waals surface area contributed by atoms with Crippen molar-refractivity contribution in [1.82, 2.24) is 5.32 Å². The number of aliphatic hydroxyl groups excluding tert-OH is 1. The lowest BCUT2D eigenvalue weighted by Gasteiger charge is -2.21. The maximum atomic E-state index is 12.7. The van der Waals surface area contributed by atoms with Crippen molar-refractivity contribution in [2.24, 2.45) is 0 Å². The van der Waals surface area contributed by atoms with Crippen molar-refractivity contribution in [3.8, 4) is 0 Å². The Hall–Kier alpha value is -0.980. The maximum absolute atomic E-state index is 12.7. The maximum Gasteiger partial charge on any atom is 0.175 e. The van der Waals surface area contributed by atoms with E-state index in [4.69, 9.17) is 0 Å². The summed E-state index contributed by atoms with van der Waals surface area (Å²) in [4.78, 5) is 0.179. The molecule has 0 aliphatic heterocycles. The number of nitrogens with one attached hydrogen (secondary N) is 1. The molecule has 4 nitrogen and oxygen atoms in total. The molecule has 0 spiro atoms. The van der Waals surface area contributed by atoms with Gasteiger partial charge in [-0.15, -0.1) is 0 Å². The average molecular weight is 275 g/mol. The van der Waals surface area contributed by atoms with Crippen LogP contribution < -0.4 is 5.32 Å². The number of likely N-dealkylation sites (N-methyl/N-ethyl adjacent to an activating group) is 1. The van der Waals surface area contributed by atoms with Crippen LogP contribution in [-0.2, 0) is 9.84 Å². The number of sulfone groups is 1. The van der Waals surface area contributed by atoms with Crippen LogP contribution in [0.1, 0.15) is 18.6 Å². The lowest BCUT2D eigenvalue weighted by Crippen LogP contribution is -2.36. The molecule has 0 aromatic heterocycles. The number of aliphatic hydroxyl groups is 1. The van der Waals surface area contributed by atoms with Gasteiger partial charge in [-0.05, 0) is 24.2 Å². The molecule has 0 saturated heterocycles. The summed E-state index contributed by atoms with van der Waals surface area (Å²) in [5.74, 6) is 0. The zero-order valence-electron chi connectivity index (χ0n) is 10.4. The second-order valence-corrected chi connectivity index (χ2v) is 6.12. The van der Waals surface area contributed by atoms with Crippen molar-refractivity contribution in [2.75, 3.05) is 19.5 Å². The van der Waals surface area contributed by atoms with Crippen molar-refractivity contribution >= 4 is 9.84 Å². The van der Waals surface area contributed by atoms with Gasteiger partial charge in [0.25, 0.3) is 0 Å². The predicted octanol–water partition coefficient (Wildman–Crippen LogP) is 1.07. The molecule has 1 rings (SSSR count). The Morgan fingerprint density at radius 3 is 2.28 bits per heavy atom. The first kappa shape index (κ1) is 15.1. The van der Waals surface area contributed by atoms with Gasteiger partial charge in [-0.25, -0.2) is 12.8 Å². The first-order valence-corrected chi connectivity index (χ1v) is 7.56. The highest BCUT2D eigenvalue weighted by atomic mass is 32.2. The third-order valence-corrected chi connectivity index (χ3v) is 3.79. The Balaban J connectivity index is 2.91. The smallest absolute Gasteiger partial charge is 0.175 e. The van der Waals surface area contributed by atoms with Crippen LogP contribution in [0.15, 0.2) is 29.2 Å². The van der Waals surface area contributed by atoms with Crippen molar-refractivity contribution in [2.45, 2.75) is 24.0 Å². The van der Waals surface area contributed by atoms with Crippen LogP contribution in [0.25, 0.3) is 0 Å². The van der Waals surface area contributed by atoms with Crippen LogP contribution in [0.3, 0.4) is 0 Å². The van der Waals surface area contributed by atoms with E-state index in [0.29, 0.717) is 12.1 Å². The fourth-order valence-corrected chi connectivity index (χ4v) is 2.29. The Morgan fingerprint density at radius 1 is 1.33 bits per heavy atom. The number of hydrogen-bond donors (Lipinski definition) is 2. The first-order chi connectivity index (χ1) is 8.40. The van der Waals surface area contributed by atoms with Crippen molar-refractivity contribution < 1.29 is 17.9 Å². The molecule has 0 amide bonds. The fourth-order valence-electron chi connectivity index (χ4n) is 1.66. The highest BCUT2D eigenvalue weighted by molar-refractivity contribution is 7.90. The Labute approximate surface area is 107 Å². The molecule has 0 saturated carbocycles. The molecule has 6 heteroatoms. The fraction of sp³-hybridized carbons (Fsp3) is 0.500. The average Bonchev–Trinajstić information content (AvgIpc) is 2.34. The van der Waals surface area contributed by atoms with Gasteiger partial charge in [-0.1, -0.05) is 19.1 Å². The zero-order chi connectivity index (χ0) is 13.8. The van der Waals surface area contributed by atoms with Gasteiger partial charge >= 0.3 is 0 Å². The van der Waals surface area contributed by atoms with Gasteiger partial charge in [0.2, 0.25) is 0 Å². The number of rotatable bonds is 6. The molecule has 0 radical (unpaired) electrons. The van der Waals surface area contributed by atoms with Gasteiger partial charge in [0.05, 0.1) is 17.0 Å².